The van der Waals surface area contributed by atoms with Crippen LogP contribution in [0.3, 0.4) is 0 Å². The van der Waals surface area contributed by atoms with Crippen molar-refractivity contribution in [2.45, 2.75) is 124 Å². The summed E-state index contributed by atoms with van der Waals surface area (Å²) in [4.78, 5) is 3.65. The number of thiophene rings is 1. The second-order valence-electron chi connectivity index (χ2n) is 15.2. The van der Waals surface area contributed by atoms with Gasteiger partial charge in [-0.25, -0.2) is 0 Å². The fourth-order valence-electron chi connectivity index (χ4n) is 7.47. The SMILES string of the molecule is CCCCCCCCOc1ccc(N(c2ccc(OCCCCCCCC)cc2)c2ccc3c4[se]c(-c5sccc5OCCCCCC)cc4n(C)c3c2)cc1. The summed E-state index contributed by atoms with van der Waals surface area (Å²) in [6, 6.07) is 28.8. The third kappa shape index (κ3) is 11.3. The van der Waals surface area contributed by atoms with Crippen LogP contribution < -0.4 is 19.1 Å². The van der Waals surface area contributed by atoms with E-state index in [2.05, 4.69) is 122 Å². The molecule has 0 saturated heterocycles. The van der Waals surface area contributed by atoms with Gasteiger partial charge in [-0.05, 0) is 12.8 Å². The molecule has 5 nitrogen and oxygen atoms in total. The van der Waals surface area contributed by atoms with Crippen LogP contribution in [0.4, 0.5) is 17.1 Å². The zero-order chi connectivity index (χ0) is 39.0. The molecule has 0 atom stereocenters. The Labute approximate surface area is 346 Å². The second-order valence-corrected chi connectivity index (χ2v) is 18.3. The van der Waals surface area contributed by atoms with Gasteiger partial charge in [-0.2, -0.15) is 0 Å². The predicted octanol–water partition coefficient (Wildman–Crippen LogP) is 15.0. The predicted molar refractivity (Wildman–Crippen MR) is 243 cm³/mol. The first-order valence-corrected chi connectivity index (χ1v) is 24.2. The van der Waals surface area contributed by atoms with E-state index in [-0.39, 0.29) is 14.5 Å². The number of fused-ring (bicyclic) bond motifs is 3. The Hall–Kier alpha value is -3.64. The summed E-state index contributed by atoms with van der Waals surface area (Å²) in [6.07, 6.45) is 20.0. The molecule has 0 spiro atoms. The number of ether oxygens (including phenoxy) is 3. The van der Waals surface area contributed by atoms with E-state index < -0.39 is 0 Å². The van der Waals surface area contributed by atoms with E-state index in [4.69, 9.17) is 14.2 Å². The molecule has 3 aromatic heterocycles. The second kappa shape index (κ2) is 22.3. The molecular weight excluding hydrogens is 776 g/mol. The first-order chi connectivity index (χ1) is 27.6. The molecular formula is C49H64N2O3SSe. The molecule has 0 aliphatic rings. The van der Waals surface area contributed by atoms with Gasteiger partial charge in [0.2, 0.25) is 0 Å². The molecule has 0 unspecified atom stereocenters. The van der Waals surface area contributed by atoms with Gasteiger partial charge in [-0.1, -0.05) is 78.1 Å². The summed E-state index contributed by atoms with van der Waals surface area (Å²) in [6.45, 7) is 9.11. The standard InChI is InChI=1S/C49H64N2O3SSe/c1-5-8-11-14-16-19-32-52-41-26-21-38(22-27-41)51(39-23-28-42(29-24-39)53-33-20-17-15-12-9-6-2)40-25-30-43-44(36-40)50(4)45-37-47(56-49(43)45)48-46(31-35-55-48)54-34-18-13-10-7-3/h21-31,35-37H,5-20,32-34H2,1-4H3. The number of nitrogens with zero attached hydrogens (tertiary/aromatic N) is 2. The molecule has 300 valence electrons. The van der Waals surface area contributed by atoms with Crippen molar-refractivity contribution < 1.29 is 14.2 Å². The number of anilines is 3. The maximum atomic E-state index is 6.30. The number of rotatable bonds is 26. The molecule has 0 radical (unpaired) electrons. The zero-order valence-corrected chi connectivity index (χ0v) is 37.0. The molecule has 7 heteroatoms. The number of hydrogen-bond donors (Lipinski definition) is 0. The number of benzene rings is 3. The maximum absolute atomic E-state index is 6.30. The monoisotopic (exact) mass is 840 g/mol. The molecule has 0 N–H and O–H groups in total. The van der Waals surface area contributed by atoms with Gasteiger partial charge < -0.3 is 0 Å². The third-order valence-corrected chi connectivity index (χ3v) is 14.4. The number of aromatic nitrogens is 1. The summed E-state index contributed by atoms with van der Waals surface area (Å²) in [7, 11) is 2.22. The molecule has 6 rings (SSSR count). The van der Waals surface area contributed by atoms with Gasteiger partial charge in [0.15, 0.2) is 0 Å². The Morgan fingerprint density at radius 3 is 1.61 bits per heavy atom. The molecule has 6 aromatic rings. The van der Waals surface area contributed by atoms with Gasteiger partial charge in [0.25, 0.3) is 0 Å². The van der Waals surface area contributed by atoms with Crippen molar-refractivity contribution in [1.29, 1.82) is 0 Å². The number of hydrogen-bond acceptors (Lipinski definition) is 5. The van der Waals surface area contributed by atoms with Crippen LogP contribution >= 0.6 is 11.3 Å². The fourth-order valence-corrected chi connectivity index (χ4v) is 11.2. The van der Waals surface area contributed by atoms with Crippen LogP contribution in [-0.2, 0) is 7.05 Å². The van der Waals surface area contributed by atoms with Crippen LogP contribution in [0.2, 0.25) is 0 Å². The topological polar surface area (TPSA) is 35.9 Å². The van der Waals surface area contributed by atoms with Gasteiger partial charge >= 0.3 is 258 Å². The van der Waals surface area contributed by atoms with Crippen LogP contribution in [0.15, 0.2) is 84.2 Å². The van der Waals surface area contributed by atoms with Crippen LogP contribution in [-0.4, -0.2) is 38.9 Å². The van der Waals surface area contributed by atoms with Crippen molar-refractivity contribution in [1.82, 2.24) is 4.57 Å². The summed E-state index contributed by atoms with van der Waals surface area (Å²) in [5.41, 5.74) is 5.91. The molecule has 0 aliphatic carbocycles. The molecule has 0 amide bonds. The van der Waals surface area contributed by atoms with Crippen molar-refractivity contribution in [3.63, 3.8) is 0 Å². The van der Waals surface area contributed by atoms with Crippen LogP contribution in [0.25, 0.3) is 30.0 Å². The minimum atomic E-state index is 0.206. The van der Waals surface area contributed by atoms with Crippen LogP contribution in [0, 0.1) is 0 Å². The molecule has 56 heavy (non-hydrogen) atoms. The molecule has 3 aromatic carbocycles. The Kier molecular flexibility index (Phi) is 16.7. The van der Waals surface area contributed by atoms with Crippen molar-refractivity contribution in [2.75, 3.05) is 24.7 Å². The fraction of sp³-hybridized carbons (Fsp3) is 0.469. The molecule has 3 heterocycles. The van der Waals surface area contributed by atoms with E-state index in [1.54, 1.807) is 0 Å². The Morgan fingerprint density at radius 1 is 0.536 bits per heavy atom. The van der Waals surface area contributed by atoms with Gasteiger partial charge in [0, 0.05) is 0 Å². The minimum absolute atomic E-state index is 0.206. The first-order valence-electron chi connectivity index (χ1n) is 21.6. The van der Waals surface area contributed by atoms with E-state index in [9.17, 15) is 0 Å². The van der Waals surface area contributed by atoms with E-state index in [1.165, 1.54) is 113 Å². The summed E-state index contributed by atoms with van der Waals surface area (Å²) < 4.78 is 23.9. The van der Waals surface area contributed by atoms with E-state index in [1.807, 2.05) is 11.3 Å². The third-order valence-electron chi connectivity index (χ3n) is 10.8. The average Bonchev–Trinajstić information content (AvgIpc) is 3.94. The Balaban J connectivity index is 1.22. The zero-order valence-electron chi connectivity index (χ0n) is 34.5. The van der Waals surface area contributed by atoms with Crippen molar-refractivity contribution in [2.24, 2.45) is 7.05 Å². The van der Waals surface area contributed by atoms with E-state index in [0.717, 1.165) is 73.4 Å². The first kappa shape index (κ1) is 42.0. The Bertz CT molecular complexity index is 1970. The van der Waals surface area contributed by atoms with Crippen molar-refractivity contribution in [3.05, 3.63) is 84.2 Å². The summed E-state index contributed by atoms with van der Waals surface area (Å²) >= 11 is 2.02. The quantitative estimate of drug-likeness (QED) is 0.0403. The normalized spacial score (nSPS) is 11.5. The van der Waals surface area contributed by atoms with Crippen molar-refractivity contribution >= 4 is 63.6 Å². The van der Waals surface area contributed by atoms with Gasteiger partial charge in [-0.15, -0.1) is 0 Å². The Morgan fingerprint density at radius 2 is 1.04 bits per heavy atom. The van der Waals surface area contributed by atoms with E-state index >= 15 is 0 Å². The van der Waals surface area contributed by atoms with Crippen LogP contribution in [0.1, 0.15) is 124 Å². The molecule has 0 bridgehead atoms. The molecule has 0 fully saturated rings. The molecule has 0 aliphatic heterocycles. The number of aryl methyl sites for hydroxylation is 1. The summed E-state index contributed by atoms with van der Waals surface area (Å²) in [5.74, 6) is 2.90. The average molecular weight is 840 g/mol. The van der Waals surface area contributed by atoms with Gasteiger partial charge in [0.05, 0.1) is 0 Å². The molecule has 0 saturated carbocycles. The van der Waals surface area contributed by atoms with Gasteiger partial charge in [0.1, 0.15) is 0 Å². The van der Waals surface area contributed by atoms with Crippen molar-refractivity contribution in [3.8, 4) is 26.6 Å². The van der Waals surface area contributed by atoms with Gasteiger partial charge in [-0.3, -0.25) is 0 Å². The summed E-state index contributed by atoms with van der Waals surface area (Å²) in [5, 5.41) is 3.52. The van der Waals surface area contributed by atoms with E-state index in [0.29, 0.717) is 0 Å². The van der Waals surface area contributed by atoms with Crippen LogP contribution in [0.5, 0.6) is 17.2 Å². The number of unbranched alkanes of at least 4 members (excludes halogenated alkanes) is 13.